The summed E-state index contributed by atoms with van der Waals surface area (Å²) in [4.78, 5) is 3.97. The third kappa shape index (κ3) is 3.46. The molecular weight excluding hydrogens is 229 g/mol. The van der Waals surface area contributed by atoms with Crippen molar-refractivity contribution in [3.63, 3.8) is 0 Å². The Morgan fingerprint density at radius 3 is 2.94 bits per heavy atom. The molecule has 2 unspecified atom stereocenters. The Morgan fingerprint density at radius 2 is 2.22 bits per heavy atom. The highest BCUT2D eigenvalue weighted by atomic mass is 16.5. The molecule has 1 aromatic heterocycles. The van der Waals surface area contributed by atoms with E-state index in [9.17, 15) is 0 Å². The van der Waals surface area contributed by atoms with Gasteiger partial charge in [-0.15, -0.1) is 0 Å². The van der Waals surface area contributed by atoms with Crippen LogP contribution in [-0.4, -0.2) is 28.3 Å². The molecule has 1 fully saturated rings. The minimum absolute atomic E-state index is 0.233. The van der Waals surface area contributed by atoms with E-state index in [4.69, 9.17) is 14.8 Å². The Hall–Kier alpha value is -1.07. The van der Waals surface area contributed by atoms with Crippen LogP contribution in [0.25, 0.3) is 0 Å². The van der Waals surface area contributed by atoms with Crippen LogP contribution >= 0.6 is 0 Å². The minimum atomic E-state index is -1.49. The second-order valence-corrected chi connectivity index (χ2v) is 5.01. The van der Waals surface area contributed by atoms with E-state index in [1.807, 2.05) is 0 Å². The van der Waals surface area contributed by atoms with E-state index < -0.39 is 7.12 Å². The summed E-state index contributed by atoms with van der Waals surface area (Å²) in [6, 6.07) is 1.65. The van der Waals surface area contributed by atoms with Gasteiger partial charge in [-0.2, -0.15) is 0 Å². The van der Waals surface area contributed by atoms with Gasteiger partial charge in [0.2, 0.25) is 0 Å². The molecule has 2 rings (SSSR count). The molecule has 2 atom stereocenters. The van der Waals surface area contributed by atoms with E-state index in [-0.39, 0.29) is 6.10 Å². The lowest BCUT2D eigenvalue weighted by atomic mass is 9.81. The summed E-state index contributed by atoms with van der Waals surface area (Å²) in [6.07, 6.45) is 9.16. The van der Waals surface area contributed by atoms with Crippen LogP contribution in [0.1, 0.15) is 39.0 Å². The van der Waals surface area contributed by atoms with Crippen molar-refractivity contribution in [2.45, 2.75) is 45.1 Å². The number of hydrogen-bond donors (Lipinski definition) is 2. The first kappa shape index (κ1) is 13.4. The van der Waals surface area contributed by atoms with Gasteiger partial charge < -0.3 is 14.8 Å². The van der Waals surface area contributed by atoms with Gasteiger partial charge in [-0.1, -0.05) is 19.8 Å². The summed E-state index contributed by atoms with van der Waals surface area (Å²) in [5, 5.41) is 18.2. The number of hydrogen-bond acceptors (Lipinski definition) is 4. The van der Waals surface area contributed by atoms with Crippen LogP contribution in [0, 0.1) is 5.92 Å². The fourth-order valence-corrected chi connectivity index (χ4v) is 2.55. The number of rotatable bonds is 4. The number of pyridine rings is 1. The standard InChI is InChI=1S/C13H20BNO3/c1-2-10-4-3-5-12(6-10)18-13-7-11(14(16)17)8-15-9-13/h7-10,12,16-17H,2-6H2,1H3. The van der Waals surface area contributed by atoms with Gasteiger partial charge in [0.25, 0.3) is 0 Å². The van der Waals surface area contributed by atoms with Crippen molar-refractivity contribution >= 4 is 12.6 Å². The zero-order valence-electron chi connectivity index (χ0n) is 10.7. The van der Waals surface area contributed by atoms with Crippen LogP contribution in [0.15, 0.2) is 18.5 Å². The molecular formula is C13H20BNO3. The maximum atomic E-state index is 9.09. The molecule has 2 N–H and O–H groups in total. The fraction of sp³-hybridized carbons (Fsp3) is 0.615. The zero-order chi connectivity index (χ0) is 13.0. The van der Waals surface area contributed by atoms with E-state index in [2.05, 4.69) is 11.9 Å². The Kier molecular flexibility index (Phi) is 4.61. The third-order valence-electron chi connectivity index (χ3n) is 3.65. The van der Waals surface area contributed by atoms with Crippen LogP contribution in [-0.2, 0) is 0 Å². The summed E-state index contributed by atoms with van der Waals surface area (Å²) < 4.78 is 5.89. The molecule has 0 aliphatic heterocycles. The molecule has 1 aliphatic rings. The molecule has 0 spiro atoms. The van der Waals surface area contributed by atoms with Crippen molar-refractivity contribution in [3.05, 3.63) is 18.5 Å². The predicted octanol–water partition coefficient (Wildman–Crippen LogP) is 1.11. The molecule has 0 radical (unpaired) electrons. The van der Waals surface area contributed by atoms with Gasteiger partial charge in [-0.05, 0) is 31.2 Å². The van der Waals surface area contributed by atoms with Crippen LogP contribution in [0.4, 0.5) is 0 Å². The van der Waals surface area contributed by atoms with Crippen molar-refractivity contribution in [1.29, 1.82) is 0 Å². The summed E-state index contributed by atoms with van der Waals surface area (Å²) in [5.41, 5.74) is 0.371. The predicted molar refractivity (Wildman–Crippen MR) is 70.7 cm³/mol. The van der Waals surface area contributed by atoms with Crippen molar-refractivity contribution in [3.8, 4) is 5.75 Å². The summed E-state index contributed by atoms with van der Waals surface area (Å²) >= 11 is 0. The average molecular weight is 249 g/mol. The number of nitrogens with zero attached hydrogens (tertiary/aromatic N) is 1. The maximum absolute atomic E-state index is 9.09. The van der Waals surface area contributed by atoms with Crippen LogP contribution in [0.3, 0.4) is 0 Å². The molecule has 18 heavy (non-hydrogen) atoms. The van der Waals surface area contributed by atoms with Crippen LogP contribution < -0.4 is 10.2 Å². The molecule has 98 valence electrons. The molecule has 1 aromatic rings. The molecule has 0 saturated heterocycles. The normalized spacial score (nSPS) is 23.7. The summed E-state index contributed by atoms with van der Waals surface area (Å²) in [5.74, 6) is 1.38. The molecule has 5 heteroatoms. The lowest BCUT2D eigenvalue weighted by molar-refractivity contribution is 0.121. The number of ether oxygens (including phenoxy) is 1. The lowest BCUT2D eigenvalue weighted by Gasteiger charge is -2.28. The Balaban J connectivity index is 1.98. The van der Waals surface area contributed by atoms with Gasteiger partial charge >= 0.3 is 7.12 Å². The molecule has 1 heterocycles. The van der Waals surface area contributed by atoms with E-state index in [0.717, 1.165) is 18.8 Å². The van der Waals surface area contributed by atoms with Crippen molar-refractivity contribution in [2.75, 3.05) is 0 Å². The van der Waals surface area contributed by atoms with E-state index in [0.29, 0.717) is 11.2 Å². The molecule has 0 bridgehead atoms. The topological polar surface area (TPSA) is 62.6 Å². The van der Waals surface area contributed by atoms with Crippen LogP contribution in [0.2, 0.25) is 0 Å². The second kappa shape index (κ2) is 6.20. The van der Waals surface area contributed by atoms with Crippen molar-refractivity contribution < 1.29 is 14.8 Å². The highest BCUT2D eigenvalue weighted by Gasteiger charge is 2.22. The molecule has 1 saturated carbocycles. The van der Waals surface area contributed by atoms with E-state index in [1.165, 1.54) is 25.5 Å². The monoisotopic (exact) mass is 249 g/mol. The largest absolute Gasteiger partial charge is 0.490 e. The van der Waals surface area contributed by atoms with Gasteiger partial charge in [0.1, 0.15) is 5.75 Å². The minimum Gasteiger partial charge on any atom is -0.489 e. The smallest absolute Gasteiger partial charge is 0.489 e. The first-order chi connectivity index (χ1) is 8.69. The molecule has 1 aliphatic carbocycles. The Labute approximate surface area is 108 Å². The lowest BCUT2D eigenvalue weighted by Crippen LogP contribution is -2.31. The van der Waals surface area contributed by atoms with Gasteiger partial charge in [0.15, 0.2) is 0 Å². The Bertz CT molecular complexity index is 386. The third-order valence-corrected chi connectivity index (χ3v) is 3.65. The fourth-order valence-electron chi connectivity index (χ4n) is 2.55. The van der Waals surface area contributed by atoms with Crippen molar-refractivity contribution in [1.82, 2.24) is 4.98 Å². The first-order valence-electron chi connectivity index (χ1n) is 6.66. The average Bonchev–Trinajstić information content (AvgIpc) is 2.39. The zero-order valence-corrected chi connectivity index (χ0v) is 10.7. The second-order valence-electron chi connectivity index (χ2n) is 5.01. The highest BCUT2D eigenvalue weighted by Crippen LogP contribution is 2.29. The molecule has 0 amide bonds. The number of aromatic nitrogens is 1. The van der Waals surface area contributed by atoms with Gasteiger partial charge in [0.05, 0.1) is 12.3 Å². The van der Waals surface area contributed by atoms with Gasteiger partial charge in [0, 0.05) is 11.7 Å². The first-order valence-corrected chi connectivity index (χ1v) is 6.66. The van der Waals surface area contributed by atoms with Gasteiger partial charge in [-0.3, -0.25) is 4.98 Å². The molecule has 0 aromatic carbocycles. The quantitative estimate of drug-likeness (QED) is 0.784. The van der Waals surface area contributed by atoms with Crippen molar-refractivity contribution in [2.24, 2.45) is 5.92 Å². The van der Waals surface area contributed by atoms with E-state index >= 15 is 0 Å². The maximum Gasteiger partial charge on any atom is 0.490 e. The molecule has 4 nitrogen and oxygen atoms in total. The summed E-state index contributed by atoms with van der Waals surface area (Å²) in [7, 11) is -1.49. The Morgan fingerprint density at radius 1 is 1.39 bits per heavy atom. The van der Waals surface area contributed by atoms with Gasteiger partial charge in [-0.25, -0.2) is 0 Å². The SMILES string of the molecule is CCC1CCCC(Oc2cncc(B(O)O)c2)C1. The van der Waals surface area contributed by atoms with Crippen LogP contribution in [0.5, 0.6) is 5.75 Å². The summed E-state index contributed by atoms with van der Waals surface area (Å²) in [6.45, 7) is 2.22. The highest BCUT2D eigenvalue weighted by molar-refractivity contribution is 6.58. The van der Waals surface area contributed by atoms with E-state index in [1.54, 1.807) is 12.3 Å².